The van der Waals surface area contributed by atoms with Gasteiger partial charge in [0.2, 0.25) is 0 Å². The first-order valence-electron chi connectivity index (χ1n) is 6.82. The topological polar surface area (TPSA) is 21.3 Å². The van der Waals surface area contributed by atoms with E-state index in [1.54, 1.807) is 19.2 Å². The maximum atomic E-state index is 13.3. The minimum Gasteiger partial charge on any atom is -0.380 e. The van der Waals surface area contributed by atoms with E-state index >= 15 is 0 Å². The van der Waals surface area contributed by atoms with Crippen molar-refractivity contribution in [2.45, 2.75) is 45.3 Å². The van der Waals surface area contributed by atoms with Gasteiger partial charge in [-0.1, -0.05) is 29.8 Å². The summed E-state index contributed by atoms with van der Waals surface area (Å²) in [6.07, 6.45) is 2.90. The average molecular weight is 332 g/mol. The molecule has 2 nitrogen and oxygen atoms in total. The molecule has 0 aliphatic carbocycles. The van der Waals surface area contributed by atoms with Crippen molar-refractivity contribution in [1.82, 2.24) is 5.32 Å². The van der Waals surface area contributed by atoms with E-state index in [1.807, 2.05) is 0 Å². The van der Waals surface area contributed by atoms with Gasteiger partial charge in [-0.25, -0.2) is 4.39 Å². The van der Waals surface area contributed by atoms with Crippen molar-refractivity contribution in [2.24, 2.45) is 0 Å². The van der Waals surface area contributed by atoms with Crippen molar-refractivity contribution in [3.05, 3.63) is 34.1 Å². The summed E-state index contributed by atoms with van der Waals surface area (Å²) < 4.78 is 19.8. The summed E-state index contributed by atoms with van der Waals surface area (Å²) in [4.78, 5) is 0. The van der Waals surface area contributed by atoms with Gasteiger partial charge in [-0.2, -0.15) is 0 Å². The first-order chi connectivity index (χ1) is 9.12. The van der Waals surface area contributed by atoms with E-state index in [2.05, 4.69) is 35.1 Å². The molecule has 19 heavy (non-hydrogen) atoms. The SMILES string of the molecule is CCCNC(Cc1cc(F)ccc1Br)C(CC)OC. The Kier molecular flexibility index (Phi) is 7.57. The molecule has 0 heterocycles. The van der Waals surface area contributed by atoms with Gasteiger partial charge in [-0.3, -0.25) is 0 Å². The second-order valence-electron chi connectivity index (χ2n) is 4.68. The molecule has 0 radical (unpaired) electrons. The summed E-state index contributed by atoms with van der Waals surface area (Å²) in [5.41, 5.74) is 0.976. The maximum absolute atomic E-state index is 13.3. The predicted molar refractivity (Wildman–Crippen MR) is 81.0 cm³/mol. The summed E-state index contributed by atoms with van der Waals surface area (Å²) in [6.45, 7) is 5.18. The molecule has 0 saturated carbocycles. The van der Waals surface area contributed by atoms with E-state index in [-0.39, 0.29) is 18.0 Å². The molecule has 1 aromatic carbocycles. The molecule has 0 spiro atoms. The Morgan fingerprint density at radius 1 is 1.37 bits per heavy atom. The highest BCUT2D eigenvalue weighted by atomic mass is 79.9. The first kappa shape index (κ1) is 16.6. The molecule has 1 aromatic rings. The lowest BCUT2D eigenvalue weighted by Gasteiger charge is -2.26. The standard InChI is InChI=1S/C15H23BrFNO/c1-4-8-18-14(15(5-2)19-3)10-11-9-12(17)6-7-13(11)16/h6-7,9,14-15,18H,4-5,8,10H2,1-3H3. The van der Waals surface area contributed by atoms with Crippen molar-refractivity contribution >= 4 is 15.9 Å². The average Bonchev–Trinajstić information content (AvgIpc) is 2.41. The number of halogens is 2. The summed E-state index contributed by atoms with van der Waals surface area (Å²) in [6, 6.07) is 5.02. The van der Waals surface area contributed by atoms with Crippen LogP contribution in [-0.2, 0) is 11.2 Å². The van der Waals surface area contributed by atoms with Crippen LogP contribution in [0.4, 0.5) is 4.39 Å². The molecule has 2 atom stereocenters. The Morgan fingerprint density at radius 2 is 2.11 bits per heavy atom. The molecule has 108 valence electrons. The summed E-state index contributed by atoms with van der Waals surface area (Å²) in [7, 11) is 1.73. The fraction of sp³-hybridized carbons (Fsp3) is 0.600. The molecule has 0 amide bonds. The Balaban J connectivity index is 2.83. The molecular weight excluding hydrogens is 309 g/mol. The number of methoxy groups -OCH3 is 1. The fourth-order valence-corrected chi connectivity index (χ4v) is 2.63. The van der Waals surface area contributed by atoms with Crippen molar-refractivity contribution < 1.29 is 9.13 Å². The van der Waals surface area contributed by atoms with Crippen LogP contribution in [0.15, 0.2) is 22.7 Å². The number of hydrogen-bond acceptors (Lipinski definition) is 2. The zero-order chi connectivity index (χ0) is 14.3. The Morgan fingerprint density at radius 3 is 2.68 bits per heavy atom. The molecule has 0 aliphatic heterocycles. The van der Waals surface area contributed by atoms with Crippen LogP contribution in [0.5, 0.6) is 0 Å². The van der Waals surface area contributed by atoms with Crippen LogP contribution in [-0.4, -0.2) is 25.8 Å². The highest BCUT2D eigenvalue weighted by molar-refractivity contribution is 9.10. The lowest BCUT2D eigenvalue weighted by molar-refractivity contribution is 0.0653. The molecule has 0 fully saturated rings. The van der Waals surface area contributed by atoms with E-state index in [4.69, 9.17) is 4.74 Å². The number of rotatable bonds is 8. The molecular formula is C15H23BrFNO. The van der Waals surface area contributed by atoms with Gasteiger partial charge >= 0.3 is 0 Å². The van der Waals surface area contributed by atoms with Crippen molar-refractivity contribution in [2.75, 3.05) is 13.7 Å². The van der Waals surface area contributed by atoms with E-state index in [0.29, 0.717) is 0 Å². The number of nitrogens with one attached hydrogen (secondary N) is 1. The molecule has 0 aliphatic rings. The number of ether oxygens (including phenoxy) is 1. The monoisotopic (exact) mass is 331 g/mol. The highest BCUT2D eigenvalue weighted by Crippen LogP contribution is 2.21. The van der Waals surface area contributed by atoms with Crippen molar-refractivity contribution in [3.63, 3.8) is 0 Å². The lowest BCUT2D eigenvalue weighted by Crippen LogP contribution is -2.42. The molecule has 4 heteroatoms. The third-order valence-electron chi connectivity index (χ3n) is 3.26. The van der Waals surface area contributed by atoms with Gasteiger partial charge in [-0.15, -0.1) is 0 Å². The van der Waals surface area contributed by atoms with Crippen molar-refractivity contribution in [1.29, 1.82) is 0 Å². The molecule has 2 unspecified atom stereocenters. The van der Waals surface area contributed by atoms with Crippen LogP contribution >= 0.6 is 15.9 Å². The quantitative estimate of drug-likeness (QED) is 0.779. The van der Waals surface area contributed by atoms with Gasteiger partial charge in [-0.05, 0) is 49.6 Å². The van der Waals surface area contributed by atoms with Gasteiger partial charge in [0, 0.05) is 17.6 Å². The fourth-order valence-electron chi connectivity index (χ4n) is 2.22. The summed E-state index contributed by atoms with van der Waals surface area (Å²) in [5, 5.41) is 3.50. The summed E-state index contributed by atoms with van der Waals surface area (Å²) in [5.74, 6) is -0.196. The zero-order valence-electron chi connectivity index (χ0n) is 11.9. The largest absolute Gasteiger partial charge is 0.380 e. The normalized spacial score (nSPS) is 14.4. The van der Waals surface area contributed by atoms with Crippen LogP contribution < -0.4 is 5.32 Å². The van der Waals surface area contributed by atoms with Crippen LogP contribution in [0, 0.1) is 5.82 Å². The second kappa shape index (κ2) is 8.67. The summed E-state index contributed by atoms with van der Waals surface area (Å²) >= 11 is 3.48. The van der Waals surface area contributed by atoms with Gasteiger partial charge in [0.15, 0.2) is 0 Å². The van der Waals surface area contributed by atoms with Gasteiger partial charge in [0.1, 0.15) is 5.82 Å². The smallest absolute Gasteiger partial charge is 0.123 e. The Labute approximate surface area is 123 Å². The number of hydrogen-bond donors (Lipinski definition) is 1. The van der Waals surface area contributed by atoms with Gasteiger partial charge < -0.3 is 10.1 Å². The van der Waals surface area contributed by atoms with Gasteiger partial charge in [0.05, 0.1) is 6.10 Å². The Bertz CT molecular complexity index is 382. The van der Waals surface area contributed by atoms with Crippen LogP contribution in [0.1, 0.15) is 32.3 Å². The van der Waals surface area contributed by atoms with E-state index < -0.39 is 0 Å². The lowest BCUT2D eigenvalue weighted by atomic mass is 9.99. The third-order valence-corrected chi connectivity index (χ3v) is 4.03. The van der Waals surface area contributed by atoms with Crippen LogP contribution in [0.3, 0.4) is 0 Å². The molecule has 0 bridgehead atoms. The number of benzene rings is 1. The minimum atomic E-state index is -0.196. The molecule has 1 N–H and O–H groups in total. The maximum Gasteiger partial charge on any atom is 0.123 e. The highest BCUT2D eigenvalue weighted by Gasteiger charge is 2.20. The van der Waals surface area contributed by atoms with E-state index in [0.717, 1.165) is 35.8 Å². The third kappa shape index (κ3) is 5.21. The van der Waals surface area contributed by atoms with Gasteiger partial charge in [0.25, 0.3) is 0 Å². The first-order valence-corrected chi connectivity index (χ1v) is 7.61. The van der Waals surface area contributed by atoms with Crippen LogP contribution in [0.2, 0.25) is 0 Å². The molecule has 1 rings (SSSR count). The molecule has 0 aromatic heterocycles. The van der Waals surface area contributed by atoms with E-state index in [9.17, 15) is 4.39 Å². The predicted octanol–water partition coefficient (Wildman–Crippen LogP) is 3.92. The zero-order valence-corrected chi connectivity index (χ0v) is 13.5. The van der Waals surface area contributed by atoms with E-state index in [1.165, 1.54) is 6.07 Å². The molecule has 0 saturated heterocycles. The Hall–Kier alpha value is -0.450. The van der Waals surface area contributed by atoms with Crippen LogP contribution in [0.25, 0.3) is 0 Å². The second-order valence-corrected chi connectivity index (χ2v) is 5.54. The van der Waals surface area contributed by atoms with Crippen molar-refractivity contribution in [3.8, 4) is 0 Å². The minimum absolute atomic E-state index is 0.140.